The summed E-state index contributed by atoms with van der Waals surface area (Å²) in [7, 11) is 1.35. The summed E-state index contributed by atoms with van der Waals surface area (Å²) in [5.74, 6) is -1.36. The predicted molar refractivity (Wildman–Crippen MR) is 164 cm³/mol. The topological polar surface area (TPSA) is 311 Å². The Labute approximate surface area is 279 Å². The minimum atomic E-state index is -1.83. The lowest BCUT2D eigenvalue weighted by Crippen LogP contribution is -2.67. The van der Waals surface area contributed by atoms with E-state index in [0.29, 0.717) is 19.3 Å². The Morgan fingerprint density at radius 3 is 2.29 bits per heavy atom. The lowest BCUT2D eigenvalue weighted by Gasteiger charge is -2.47. The molecule has 2 aromatic rings. The highest BCUT2D eigenvalue weighted by atomic mass is 16.7. The molecule has 20 heteroatoms. The number of nitrogen functional groups attached to an aromatic ring is 1. The number of aromatic nitrogens is 4. The molecule has 0 bridgehead atoms. The largest absolute Gasteiger partial charge is 0.469 e. The molecule has 4 heterocycles. The van der Waals surface area contributed by atoms with E-state index in [4.69, 9.17) is 24.7 Å². The highest BCUT2D eigenvalue weighted by Crippen LogP contribution is 2.30. The van der Waals surface area contributed by atoms with Crippen molar-refractivity contribution >= 4 is 29.0 Å². The van der Waals surface area contributed by atoms with Gasteiger partial charge in [-0.25, -0.2) is 9.97 Å². The first-order chi connectivity index (χ1) is 23.5. The first-order valence-corrected chi connectivity index (χ1v) is 15.9. The summed E-state index contributed by atoms with van der Waals surface area (Å²) in [6.45, 7) is -1.33. The van der Waals surface area contributed by atoms with Gasteiger partial charge in [0.05, 0.1) is 26.5 Å². The van der Waals surface area contributed by atoms with Crippen molar-refractivity contribution in [3.8, 4) is 0 Å². The molecule has 0 radical (unpaired) electrons. The van der Waals surface area contributed by atoms with Crippen molar-refractivity contribution in [2.45, 2.75) is 106 Å². The van der Waals surface area contributed by atoms with Crippen LogP contribution in [0.5, 0.6) is 0 Å². The number of methoxy groups -OCH3 is 1. The fourth-order valence-corrected chi connectivity index (χ4v) is 5.51. The van der Waals surface area contributed by atoms with Gasteiger partial charge in [0.25, 0.3) is 11.5 Å². The zero-order valence-corrected chi connectivity index (χ0v) is 26.8. The van der Waals surface area contributed by atoms with Gasteiger partial charge in [0.15, 0.2) is 23.7 Å². The van der Waals surface area contributed by atoms with Gasteiger partial charge in [-0.1, -0.05) is 25.7 Å². The van der Waals surface area contributed by atoms with Crippen LogP contribution in [-0.2, 0) is 28.5 Å². The number of ether oxygens (including phenoxy) is 5. The Morgan fingerprint density at radius 2 is 1.59 bits per heavy atom. The number of anilines is 1. The van der Waals surface area contributed by atoms with Gasteiger partial charge in [0.2, 0.25) is 5.95 Å². The Hall–Kier alpha value is -3.44. The summed E-state index contributed by atoms with van der Waals surface area (Å²) in [5, 5.41) is 64.6. The van der Waals surface area contributed by atoms with Gasteiger partial charge in [-0.2, -0.15) is 4.98 Å². The zero-order valence-electron chi connectivity index (χ0n) is 26.8. The Kier molecular flexibility index (Phi) is 14.1. The van der Waals surface area contributed by atoms with E-state index in [-0.39, 0.29) is 35.4 Å². The number of aromatic amines is 1. The summed E-state index contributed by atoms with van der Waals surface area (Å²) in [4.78, 5) is 51.1. The van der Waals surface area contributed by atoms with Crippen LogP contribution in [0.1, 0.15) is 55.4 Å². The van der Waals surface area contributed by atoms with Crippen molar-refractivity contribution in [3.05, 3.63) is 22.2 Å². The SMILES string of the molecule is COC(=O)CCCCCCCCO[C@@H]1OC(CO)[C@H](OC2OC(CO)[C@@H](O)C(O)C2O)C(O)C1NC(=O)c1cnc2nc(N)[nH]c(=O)c2n1. The quantitative estimate of drug-likeness (QED) is 0.0608. The second-order valence-corrected chi connectivity index (χ2v) is 11.7. The average Bonchev–Trinajstić information content (AvgIpc) is 3.09. The van der Waals surface area contributed by atoms with Crippen LogP contribution in [0.3, 0.4) is 0 Å². The summed E-state index contributed by atoms with van der Waals surface area (Å²) in [6.07, 6.45) is -8.16. The zero-order chi connectivity index (χ0) is 35.7. The van der Waals surface area contributed by atoms with Gasteiger partial charge in [-0.05, 0) is 12.8 Å². The van der Waals surface area contributed by atoms with Crippen molar-refractivity contribution < 1.29 is 63.9 Å². The molecule has 2 fully saturated rings. The first kappa shape index (κ1) is 38.4. The number of aliphatic hydroxyl groups is 6. The minimum absolute atomic E-state index is 0.109. The third-order valence-electron chi connectivity index (χ3n) is 8.24. The van der Waals surface area contributed by atoms with E-state index in [9.17, 15) is 45.0 Å². The number of hydrogen-bond acceptors (Lipinski definition) is 18. The van der Waals surface area contributed by atoms with E-state index >= 15 is 0 Å². The van der Waals surface area contributed by atoms with Gasteiger partial charge < -0.3 is 65.4 Å². The number of aliphatic hydroxyl groups excluding tert-OH is 6. The molecule has 7 unspecified atom stereocenters. The summed E-state index contributed by atoms with van der Waals surface area (Å²) in [5.41, 5.74) is 4.08. The molecule has 49 heavy (non-hydrogen) atoms. The van der Waals surface area contributed by atoms with Crippen molar-refractivity contribution in [1.29, 1.82) is 0 Å². The molecule has 1 amide bonds. The normalized spacial score (nSPS) is 30.3. The van der Waals surface area contributed by atoms with E-state index in [1.54, 1.807) is 0 Å². The van der Waals surface area contributed by atoms with Gasteiger partial charge in [-0.3, -0.25) is 19.4 Å². The van der Waals surface area contributed by atoms with E-state index in [1.165, 1.54) is 7.11 Å². The number of unbranched alkanes of at least 4 members (excludes halogenated alkanes) is 5. The monoisotopic (exact) mass is 700 g/mol. The molecule has 2 aliphatic heterocycles. The molecule has 2 aromatic heterocycles. The lowest BCUT2D eigenvalue weighted by molar-refractivity contribution is -0.348. The third kappa shape index (κ3) is 9.63. The number of nitrogens with two attached hydrogens (primary N) is 1. The highest BCUT2D eigenvalue weighted by Gasteiger charge is 2.51. The number of carbonyl (C=O) groups excluding carboxylic acids is 2. The number of esters is 1. The standard InChI is InChI=1S/C29H44N6O14/c1-45-16(38)8-6-4-2-3-5-7-9-46-27-17(33-25(43)13-10-31-24-18(32-13)26(44)35-29(30)34-24)20(40)23(15(12-37)48-27)49-28-22(42)21(41)19(39)14(11-36)47-28/h10,14-15,17,19-23,27-28,36-37,39-42H,2-9,11-12H2,1H3,(H,33,43)(H3,30,31,34,35,44)/t14?,15?,17?,19-,20?,21?,22?,23+,27-,28?/m1/s1. The molecule has 0 spiro atoms. The van der Waals surface area contributed by atoms with Gasteiger partial charge in [0.1, 0.15) is 54.5 Å². The van der Waals surface area contributed by atoms with E-state index in [1.807, 2.05) is 0 Å². The average molecular weight is 701 g/mol. The van der Waals surface area contributed by atoms with Crippen molar-refractivity contribution in [2.75, 3.05) is 32.7 Å². The van der Waals surface area contributed by atoms with Crippen LogP contribution in [0.2, 0.25) is 0 Å². The fourth-order valence-electron chi connectivity index (χ4n) is 5.51. The van der Waals surface area contributed by atoms with Gasteiger partial charge in [-0.15, -0.1) is 0 Å². The highest BCUT2D eigenvalue weighted by molar-refractivity contribution is 5.93. The molecule has 4 rings (SSSR count). The van der Waals surface area contributed by atoms with Crippen molar-refractivity contribution in [3.63, 3.8) is 0 Å². The molecule has 2 aliphatic rings. The van der Waals surface area contributed by atoms with Crippen LogP contribution in [-0.4, -0.2) is 151 Å². The maximum Gasteiger partial charge on any atom is 0.305 e. The Morgan fingerprint density at radius 1 is 0.918 bits per heavy atom. The molecule has 0 saturated carbocycles. The maximum atomic E-state index is 13.4. The molecule has 2 saturated heterocycles. The van der Waals surface area contributed by atoms with Crippen LogP contribution >= 0.6 is 0 Å². The molecule has 10 atom stereocenters. The van der Waals surface area contributed by atoms with E-state index in [0.717, 1.165) is 31.9 Å². The molecule has 0 aromatic carbocycles. The third-order valence-corrected chi connectivity index (χ3v) is 8.24. The van der Waals surface area contributed by atoms with Crippen molar-refractivity contribution in [2.24, 2.45) is 0 Å². The van der Waals surface area contributed by atoms with E-state index < -0.39 is 86.0 Å². The fraction of sp³-hybridized carbons (Fsp3) is 0.724. The number of fused-ring (bicyclic) bond motifs is 1. The summed E-state index contributed by atoms with van der Waals surface area (Å²) >= 11 is 0. The molecule has 274 valence electrons. The van der Waals surface area contributed by atoms with Crippen LogP contribution < -0.4 is 16.6 Å². The predicted octanol–water partition coefficient (Wildman–Crippen LogP) is -3.42. The number of carbonyl (C=O) groups is 2. The summed E-state index contributed by atoms with van der Waals surface area (Å²) in [6, 6.07) is -1.40. The molecule has 0 aliphatic carbocycles. The molecule has 20 nitrogen and oxygen atoms in total. The smallest absolute Gasteiger partial charge is 0.305 e. The van der Waals surface area contributed by atoms with Crippen LogP contribution in [0, 0.1) is 0 Å². The number of hydrogen-bond donors (Lipinski definition) is 9. The van der Waals surface area contributed by atoms with Crippen molar-refractivity contribution in [1.82, 2.24) is 25.3 Å². The van der Waals surface area contributed by atoms with Crippen LogP contribution in [0.25, 0.3) is 11.2 Å². The molecule has 10 N–H and O–H groups in total. The lowest BCUT2D eigenvalue weighted by atomic mass is 9.95. The first-order valence-electron chi connectivity index (χ1n) is 15.9. The molecular weight excluding hydrogens is 656 g/mol. The Bertz CT molecular complexity index is 1450. The number of amides is 1. The second kappa shape index (κ2) is 18.0. The molecular formula is C29H44N6O14. The minimum Gasteiger partial charge on any atom is -0.469 e. The number of H-pyrrole nitrogens is 1. The number of nitrogens with one attached hydrogen (secondary N) is 2. The number of nitrogens with zero attached hydrogens (tertiary/aromatic N) is 3. The Balaban J connectivity index is 1.47. The van der Waals surface area contributed by atoms with Gasteiger partial charge in [0, 0.05) is 13.0 Å². The van der Waals surface area contributed by atoms with E-state index in [2.05, 4.69) is 30.0 Å². The summed E-state index contributed by atoms with van der Waals surface area (Å²) < 4.78 is 27.6. The van der Waals surface area contributed by atoms with Gasteiger partial charge >= 0.3 is 5.97 Å². The van der Waals surface area contributed by atoms with Crippen LogP contribution in [0.15, 0.2) is 11.0 Å². The second-order valence-electron chi connectivity index (χ2n) is 11.7. The van der Waals surface area contributed by atoms with Crippen LogP contribution in [0.4, 0.5) is 5.95 Å². The maximum absolute atomic E-state index is 13.4. The number of rotatable bonds is 16.